The van der Waals surface area contributed by atoms with E-state index in [0.717, 1.165) is 11.6 Å². The van der Waals surface area contributed by atoms with E-state index in [2.05, 4.69) is 38.2 Å². The zero-order valence-electron chi connectivity index (χ0n) is 11.0. The molecule has 2 aromatic rings. The van der Waals surface area contributed by atoms with Crippen LogP contribution < -0.4 is 5.32 Å². The van der Waals surface area contributed by atoms with E-state index in [9.17, 15) is 0 Å². The van der Waals surface area contributed by atoms with Crippen molar-refractivity contribution in [1.29, 1.82) is 0 Å². The van der Waals surface area contributed by atoms with Crippen molar-refractivity contribution in [2.75, 3.05) is 5.32 Å². The largest absolute Gasteiger partial charge is 0.381 e. The molecule has 1 nitrogen and oxygen atoms in total. The van der Waals surface area contributed by atoms with Gasteiger partial charge in [0.1, 0.15) is 0 Å². The van der Waals surface area contributed by atoms with Gasteiger partial charge < -0.3 is 5.32 Å². The van der Waals surface area contributed by atoms with Crippen LogP contribution in [-0.2, 0) is 6.54 Å². The number of aryl methyl sites for hydroxylation is 3. The Morgan fingerprint density at radius 1 is 0.944 bits per heavy atom. The van der Waals surface area contributed by atoms with Crippen molar-refractivity contribution < 1.29 is 0 Å². The quantitative estimate of drug-likeness (QED) is 0.829. The summed E-state index contributed by atoms with van der Waals surface area (Å²) in [5, 5.41) is 4.28. The van der Waals surface area contributed by atoms with Crippen LogP contribution in [0.5, 0.6) is 0 Å². The number of anilines is 1. The van der Waals surface area contributed by atoms with Gasteiger partial charge >= 0.3 is 0 Å². The lowest BCUT2D eigenvalue weighted by Crippen LogP contribution is -2.03. The molecule has 2 heteroatoms. The highest BCUT2D eigenvalue weighted by atomic mass is 35.5. The normalized spacial score (nSPS) is 10.4. The fourth-order valence-corrected chi connectivity index (χ4v) is 2.38. The number of hydrogen-bond donors (Lipinski definition) is 1. The maximum atomic E-state index is 5.88. The molecule has 0 aliphatic carbocycles. The van der Waals surface area contributed by atoms with Crippen LogP contribution in [0.3, 0.4) is 0 Å². The van der Waals surface area contributed by atoms with Crippen molar-refractivity contribution in [3.8, 4) is 0 Å². The molecule has 0 aromatic heterocycles. The molecule has 1 N–H and O–H groups in total. The molecule has 0 fully saturated rings. The fourth-order valence-electron chi connectivity index (χ4n) is 2.25. The summed E-state index contributed by atoms with van der Waals surface area (Å²) in [6.07, 6.45) is 0. The molecule has 0 aliphatic heterocycles. The third-order valence-electron chi connectivity index (χ3n) is 3.06. The number of hydrogen-bond acceptors (Lipinski definition) is 1. The highest BCUT2D eigenvalue weighted by Crippen LogP contribution is 2.22. The van der Waals surface area contributed by atoms with Crippen LogP contribution in [0.1, 0.15) is 22.3 Å². The SMILES string of the molecule is Cc1cc(C)c(NCc2ccc(Cl)cc2)c(C)c1. The van der Waals surface area contributed by atoms with Crippen LogP contribution in [0.25, 0.3) is 0 Å². The number of rotatable bonds is 3. The van der Waals surface area contributed by atoms with Gasteiger partial charge in [0.05, 0.1) is 0 Å². The zero-order chi connectivity index (χ0) is 13.1. The monoisotopic (exact) mass is 259 g/mol. The zero-order valence-corrected chi connectivity index (χ0v) is 11.8. The molecule has 0 amide bonds. The Morgan fingerprint density at radius 3 is 2.06 bits per heavy atom. The second kappa shape index (κ2) is 5.45. The minimum Gasteiger partial charge on any atom is -0.381 e. The lowest BCUT2D eigenvalue weighted by Gasteiger charge is -2.14. The van der Waals surface area contributed by atoms with Gasteiger partial charge in [0.25, 0.3) is 0 Å². The minimum absolute atomic E-state index is 0.779. The Hall–Kier alpha value is -1.47. The van der Waals surface area contributed by atoms with Crippen LogP contribution in [0.4, 0.5) is 5.69 Å². The van der Waals surface area contributed by atoms with Crippen molar-refractivity contribution >= 4 is 17.3 Å². The first kappa shape index (κ1) is 13.0. The molecule has 0 bridgehead atoms. The maximum Gasteiger partial charge on any atom is 0.0406 e. The van der Waals surface area contributed by atoms with Crippen LogP contribution in [-0.4, -0.2) is 0 Å². The first-order valence-corrected chi connectivity index (χ1v) is 6.50. The third kappa shape index (κ3) is 3.05. The molecule has 2 aromatic carbocycles. The van der Waals surface area contributed by atoms with Crippen molar-refractivity contribution in [3.05, 3.63) is 63.7 Å². The van der Waals surface area contributed by atoms with Crippen molar-refractivity contribution in [1.82, 2.24) is 0 Å². The Kier molecular flexibility index (Phi) is 3.93. The molecule has 18 heavy (non-hydrogen) atoms. The van der Waals surface area contributed by atoms with Gasteiger partial charge in [-0.25, -0.2) is 0 Å². The lowest BCUT2D eigenvalue weighted by molar-refractivity contribution is 1.13. The van der Waals surface area contributed by atoms with Crippen LogP contribution >= 0.6 is 11.6 Å². The number of halogens is 1. The standard InChI is InChI=1S/C16H18ClN/c1-11-8-12(2)16(13(3)9-11)18-10-14-4-6-15(17)7-5-14/h4-9,18H,10H2,1-3H3. The summed E-state index contributed by atoms with van der Waals surface area (Å²) in [5.74, 6) is 0. The van der Waals surface area contributed by atoms with E-state index in [-0.39, 0.29) is 0 Å². The maximum absolute atomic E-state index is 5.88. The molecule has 0 unspecified atom stereocenters. The Bertz CT molecular complexity index is 521. The molecule has 0 heterocycles. The Morgan fingerprint density at radius 2 is 1.50 bits per heavy atom. The van der Waals surface area contributed by atoms with E-state index < -0.39 is 0 Å². The topological polar surface area (TPSA) is 12.0 Å². The lowest BCUT2D eigenvalue weighted by atomic mass is 10.0. The highest BCUT2D eigenvalue weighted by molar-refractivity contribution is 6.30. The summed E-state index contributed by atoms with van der Waals surface area (Å²) in [5.41, 5.74) is 6.36. The molecular formula is C16H18ClN. The summed E-state index contributed by atoms with van der Waals surface area (Å²) < 4.78 is 0. The van der Waals surface area contributed by atoms with Crippen LogP contribution in [0.2, 0.25) is 5.02 Å². The average Bonchev–Trinajstić information content (AvgIpc) is 2.30. The first-order chi connectivity index (χ1) is 8.56. The third-order valence-corrected chi connectivity index (χ3v) is 3.31. The molecular weight excluding hydrogens is 242 g/mol. The highest BCUT2D eigenvalue weighted by Gasteiger charge is 2.03. The summed E-state index contributed by atoms with van der Waals surface area (Å²) >= 11 is 5.88. The fraction of sp³-hybridized carbons (Fsp3) is 0.250. The Labute approximate surface area is 114 Å². The molecule has 0 aliphatic rings. The van der Waals surface area contributed by atoms with Crippen LogP contribution in [0.15, 0.2) is 36.4 Å². The first-order valence-electron chi connectivity index (χ1n) is 6.12. The van der Waals surface area contributed by atoms with Gasteiger partial charge in [0, 0.05) is 17.3 Å². The van der Waals surface area contributed by atoms with Gasteiger partial charge in [0.2, 0.25) is 0 Å². The van der Waals surface area contributed by atoms with Gasteiger partial charge in [-0.2, -0.15) is 0 Å². The molecule has 0 saturated carbocycles. The number of benzene rings is 2. The second-order valence-electron chi connectivity index (χ2n) is 4.75. The summed E-state index contributed by atoms with van der Waals surface area (Å²) in [6, 6.07) is 12.4. The van der Waals surface area contributed by atoms with Crippen LogP contribution in [0, 0.1) is 20.8 Å². The van der Waals surface area contributed by atoms with E-state index in [0.29, 0.717) is 0 Å². The van der Waals surface area contributed by atoms with Gasteiger partial charge in [-0.3, -0.25) is 0 Å². The van der Waals surface area contributed by atoms with Crippen molar-refractivity contribution in [3.63, 3.8) is 0 Å². The Balaban J connectivity index is 2.13. The summed E-state index contributed by atoms with van der Waals surface area (Å²) in [7, 11) is 0. The molecule has 0 radical (unpaired) electrons. The van der Waals surface area contributed by atoms with Gasteiger partial charge in [-0.1, -0.05) is 41.4 Å². The summed E-state index contributed by atoms with van der Waals surface area (Å²) in [6.45, 7) is 7.24. The molecule has 0 spiro atoms. The predicted molar refractivity (Wildman–Crippen MR) is 79.4 cm³/mol. The van der Waals surface area contributed by atoms with E-state index >= 15 is 0 Å². The van der Waals surface area contributed by atoms with Gasteiger partial charge in [-0.15, -0.1) is 0 Å². The average molecular weight is 260 g/mol. The molecule has 0 saturated heterocycles. The molecule has 2 rings (SSSR count). The van der Waals surface area contributed by atoms with E-state index in [1.807, 2.05) is 24.3 Å². The molecule has 0 atom stereocenters. The van der Waals surface area contributed by atoms with E-state index in [1.165, 1.54) is 27.9 Å². The van der Waals surface area contributed by atoms with Crippen molar-refractivity contribution in [2.24, 2.45) is 0 Å². The predicted octanol–water partition coefficient (Wildman–Crippen LogP) is 4.88. The van der Waals surface area contributed by atoms with Crippen molar-refractivity contribution in [2.45, 2.75) is 27.3 Å². The van der Waals surface area contributed by atoms with E-state index in [1.54, 1.807) is 0 Å². The summed E-state index contributed by atoms with van der Waals surface area (Å²) in [4.78, 5) is 0. The molecule has 94 valence electrons. The van der Waals surface area contributed by atoms with Gasteiger partial charge in [0.15, 0.2) is 0 Å². The van der Waals surface area contributed by atoms with E-state index in [4.69, 9.17) is 11.6 Å². The second-order valence-corrected chi connectivity index (χ2v) is 5.19. The smallest absolute Gasteiger partial charge is 0.0406 e. The van der Waals surface area contributed by atoms with Gasteiger partial charge in [-0.05, 0) is 49.6 Å². The number of nitrogens with one attached hydrogen (secondary N) is 1. The minimum atomic E-state index is 0.779.